The van der Waals surface area contributed by atoms with Crippen LogP contribution < -0.4 is 37.6 Å². The summed E-state index contributed by atoms with van der Waals surface area (Å²) in [5.74, 6) is -5.80. The fraction of sp³-hybridized carbons (Fsp3) is 0.639. The van der Waals surface area contributed by atoms with Crippen molar-refractivity contribution in [3.8, 4) is 0 Å². The van der Waals surface area contributed by atoms with Crippen LogP contribution in [0.3, 0.4) is 0 Å². The lowest BCUT2D eigenvalue weighted by Crippen LogP contribution is -2.58. The number of likely N-dealkylation sites (tertiary alicyclic amines) is 1. The monoisotopic (exact) mass is 1220 g/mol. The molecule has 0 radical (unpaired) electrons. The van der Waals surface area contributed by atoms with Crippen LogP contribution >= 0.6 is 11.3 Å². The molecule has 2 aromatic rings. The normalized spacial score (nSPS) is 16.6. The number of nitrogens with one attached hydrogen (secondary N) is 6. The number of primary amides is 1. The predicted molar refractivity (Wildman–Crippen MR) is 325 cm³/mol. The standard InChI is InChI=1S/C61H93N11O13S/c1-12-29-71(58(81)52(38(6)7)69-55(79)45-20-15-17-30-70(45)11)46(36(2)3)33-47(85-39(8)73)57-67-44(35-86-57)54(78)65-42(34-61(9,10)59(82)83)32-40-22-24-41(25-23-40)64-53(77)43(19-18-28-63-60(62)84)66-56(80)51(37(4)5)68-48(74)21-14-13-16-31-72-49(75)26-27-50(72)76/h22-27,35-38,42-43,45-47,51-52H,12-21,28-34H2,1-11H3,(H,64,77)(H,65,78)(H,66,80)(H,68,74)(H,69,79)(H,82,83)(H3,62,63,84)/t42-,43-,45+,46+,47+,51-,52-/m0/s1. The second-order valence-electron chi connectivity index (χ2n) is 24.2. The first kappa shape index (κ1) is 71.2. The van der Waals surface area contributed by atoms with E-state index in [4.69, 9.17) is 10.5 Å². The number of aliphatic carboxylic acids is 1. The second kappa shape index (κ2) is 34.2. The Morgan fingerprint density at radius 2 is 1.51 bits per heavy atom. The van der Waals surface area contributed by atoms with Gasteiger partial charge in [-0.15, -0.1) is 11.3 Å². The number of anilines is 1. The molecule has 9 N–H and O–H groups in total. The van der Waals surface area contributed by atoms with Gasteiger partial charge in [0.15, 0.2) is 6.10 Å². The number of aromatic nitrogens is 1. The molecule has 10 amide bonds. The molecule has 1 aromatic heterocycles. The molecule has 1 saturated heterocycles. The Kier molecular flexibility index (Phi) is 28.3. The number of carboxylic acid groups (broad SMARTS) is 1. The number of unbranched alkanes of at least 4 members (excludes halogenated alkanes) is 2. The Labute approximate surface area is 509 Å². The van der Waals surface area contributed by atoms with Crippen molar-refractivity contribution >= 4 is 82.3 Å². The van der Waals surface area contributed by atoms with Crippen molar-refractivity contribution in [3.63, 3.8) is 0 Å². The minimum absolute atomic E-state index is 0.000713. The number of nitrogens with zero attached hydrogens (tertiary/aromatic N) is 4. The predicted octanol–water partition coefficient (Wildman–Crippen LogP) is 5.37. The minimum Gasteiger partial charge on any atom is -0.481 e. The van der Waals surface area contributed by atoms with Crippen molar-refractivity contribution in [2.24, 2.45) is 28.9 Å². The largest absolute Gasteiger partial charge is 0.481 e. The van der Waals surface area contributed by atoms with Gasteiger partial charge in [-0.3, -0.25) is 57.7 Å². The maximum absolute atomic E-state index is 14.6. The van der Waals surface area contributed by atoms with Crippen LogP contribution in [0.15, 0.2) is 41.8 Å². The smallest absolute Gasteiger partial charge is 0.312 e. The lowest BCUT2D eigenvalue weighted by molar-refractivity contribution is -0.150. The molecular weight excluding hydrogens is 1130 g/mol. The van der Waals surface area contributed by atoms with Crippen molar-refractivity contribution in [1.29, 1.82) is 0 Å². The number of esters is 1. The average Bonchev–Trinajstić information content (AvgIpc) is 2.83. The van der Waals surface area contributed by atoms with E-state index in [1.807, 2.05) is 46.6 Å². The highest BCUT2D eigenvalue weighted by Gasteiger charge is 2.39. The van der Waals surface area contributed by atoms with E-state index < -0.39 is 83.3 Å². The molecule has 0 bridgehead atoms. The highest BCUT2D eigenvalue weighted by atomic mass is 32.1. The first-order valence-electron chi connectivity index (χ1n) is 30.1. The van der Waals surface area contributed by atoms with Gasteiger partial charge < -0.3 is 52.4 Å². The number of piperidine rings is 1. The molecule has 2 aliphatic heterocycles. The lowest BCUT2D eigenvalue weighted by Gasteiger charge is -2.39. The molecule has 1 fully saturated rings. The topological polar surface area (TPSA) is 338 Å². The fourth-order valence-electron chi connectivity index (χ4n) is 10.5. The third-order valence-corrected chi connectivity index (χ3v) is 16.4. The Morgan fingerprint density at radius 3 is 2.09 bits per heavy atom. The Balaban J connectivity index is 1.48. The summed E-state index contributed by atoms with van der Waals surface area (Å²) in [6, 6.07) is 1.37. The van der Waals surface area contributed by atoms with Crippen LogP contribution in [0.5, 0.6) is 0 Å². The Morgan fingerprint density at radius 1 is 0.849 bits per heavy atom. The zero-order valence-electron chi connectivity index (χ0n) is 52.0. The van der Waals surface area contributed by atoms with Crippen LogP contribution in [-0.4, -0.2) is 159 Å². The number of likely N-dealkylation sites (N-methyl/N-ethyl adjacent to an activating group) is 1. The summed E-state index contributed by atoms with van der Waals surface area (Å²) < 4.78 is 5.90. The molecule has 25 heteroatoms. The van der Waals surface area contributed by atoms with Gasteiger partial charge in [0.2, 0.25) is 29.5 Å². The third-order valence-electron chi connectivity index (χ3n) is 15.4. The van der Waals surface area contributed by atoms with Crippen LogP contribution in [0.25, 0.3) is 0 Å². The molecule has 86 heavy (non-hydrogen) atoms. The van der Waals surface area contributed by atoms with Gasteiger partial charge in [0.05, 0.1) is 11.5 Å². The van der Waals surface area contributed by atoms with Crippen LogP contribution in [0, 0.1) is 23.2 Å². The van der Waals surface area contributed by atoms with Crippen molar-refractivity contribution in [1.82, 2.24) is 46.3 Å². The number of carbonyl (C=O) groups is 11. The zero-order chi connectivity index (χ0) is 64.0. The van der Waals surface area contributed by atoms with Crippen LogP contribution in [0.4, 0.5) is 10.5 Å². The van der Waals surface area contributed by atoms with Crippen molar-refractivity contribution < 1.29 is 62.6 Å². The number of amides is 10. The molecule has 2 aliphatic rings. The summed E-state index contributed by atoms with van der Waals surface area (Å²) in [5, 5.41) is 28.9. The number of urea groups is 1. The summed E-state index contributed by atoms with van der Waals surface area (Å²) in [7, 11) is 1.92. The number of hydrogen-bond acceptors (Lipinski definition) is 15. The van der Waals surface area contributed by atoms with Crippen molar-refractivity contribution in [2.75, 3.05) is 38.5 Å². The van der Waals surface area contributed by atoms with E-state index >= 15 is 0 Å². The van der Waals surface area contributed by atoms with Crippen LogP contribution in [0.1, 0.15) is 173 Å². The number of nitrogens with two attached hydrogens (primary N) is 1. The van der Waals surface area contributed by atoms with E-state index in [2.05, 4.69) is 36.9 Å². The fourth-order valence-corrected chi connectivity index (χ4v) is 11.4. The number of imide groups is 1. The van der Waals surface area contributed by atoms with Gasteiger partial charge in [0.25, 0.3) is 17.7 Å². The first-order chi connectivity index (χ1) is 40.5. The van der Waals surface area contributed by atoms with Crippen molar-refractivity contribution in [3.05, 3.63) is 58.1 Å². The Hall–Kier alpha value is -7.28. The van der Waals surface area contributed by atoms with Gasteiger partial charge >= 0.3 is 18.0 Å². The van der Waals surface area contributed by atoms with Gasteiger partial charge in [-0.2, -0.15) is 0 Å². The quantitative estimate of drug-likeness (QED) is 0.0244. The number of benzene rings is 1. The van der Waals surface area contributed by atoms with Gasteiger partial charge in [-0.25, -0.2) is 9.78 Å². The average molecular weight is 1220 g/mol. The maximum Gasteiger partial charge on any atom is 0.312 e. The van der Waals surface area contributed by atoms with Gasteiger partial charge in [0.1, 0.15) is 28.8 Å². The van der Waals surface area contributed by atoms with Gasteiger partial charge in [-0.1, -0.05) is 73.4 Å². The zero-order valence-corrected chi connectivity index (χ0v) is 52.8. The Bertz CT molecular complexity index is 2690. The van der Waals surface area contributed by atoms with E-state index in [1.165, 1.54) is 24.5 Å². The highest BCUT2D eigenvalue weighted by molar-refractivity contribution is 7.09. The number of hydrogen-bond donors (Lipinski definition) is 8. The summed E-state index contributed by atoms with van der Waals surface area (Å²) in [6.45, 7) is 19.1. The molecule has 0 aliphatic carbocycles. The number of ether oxygens (including phenoxy) is 1. The molecule has 24 nitrogen and oxygen atoms in total. The summed E-state index contributed by atoms with van der Waals surface area (Å²) in [4.78, 5) is 153. The van der Waals surface area contributed by atoms with Crippen LogP contribution in [-0.2, 0) is 54.3 Å². The molecular formula is C61H93N11O13S. The summed E-state index contributed by atoms with van der Waals surface area (Å²) in [6.07, 6.45) is 6.91. The number of rotatable bonds is 35. The maximum atomic E-state index is 14.6. The SMILES string of the molecule is CCCN(C(=O)[C@@H](NC(=O)[C@H]1CCCCN1C)C(C)C)[C@H](C[C@@H](OC(C)=O)c1nc(C(=O)N[C@@H](Cc2ccc(NC(=O)[C@H](CCCNC(N)=O)NC(=O)[C@@H](NC(=O)CCCCCN3C(=O)C=CC3=O)C(C)C)cc2)CC(C)(C)C(=O)O)cs1)C(C)C. The first-order valence-corrected chi connectivity index (χ1v) is 31.0. The third kappa shape index (κ3) is 22.2. The summed E-state index contributed by atoms with van der Waals surface area (Å²) >= 11 is 1.11. The van der Waals surface area contributed by atoms with Gasteiger partial charge in [0, 0.05) is 74.7 Å². The molecule has 0 spiro atoms. The molecule has 4 rings (SSSR count). The molecule has 0 unspecified atom stereocenters. The lowest BCUT2D eigenvalue weighted by atomic mass is 9.84. The number of carbonyl (C=O) groups excluding carboxylic acids is 10. The van der Waals surface area contributed by atoms with E-state index in [1.54, 1.807) is 56.9 Å². The molecule has 476 valence electrons. The van der Waals surface area contributed by atoms with Crippen molar-refractivity contribution in [2.45, 2.75) is 195 Å². The molecule has 7 atom stereocenters. The van der Waals surface area contributed by atoms with E-state index in [0.29, 0.717) is 54.9 Å². The van der Waals surface area contributed by atoms with E-state index in [9.17, 15) is 57.8 Å². The second-order valence-corrected chi connectivity index (χ2v) is 25.1. The minimum atomic E-state index is -1.29. The highest BCUT2D eigenvalue weighted by Crippen LogP contribution is 2.32. The van der Waals surface area contributed by atoms with E-state index in [0.717, 1.165) is 35.6 Å². The summed E-state index contributed by atoms with van der Waals surface area (Å²) in [5.41, 5.74) is 4.97. The van der Waals surface area contributed by atoms with Crippen LogP contribution in [0.2, 0.25) is 0 Å². The molecule has 3 heterocycles. The molecule has 0 saturated carbocycles. The van der Waals surface area contributed by atoms with E-state index in [-0.39, 0.29) is 105 Å². The van der Waals surface area contributed by atoms with Gasteiger partial charge in [-0.05, 0) is 121 Å². The molecule has 1 aromatic carbocycles. The number of thiazole rings is 1. The number of carboxylic acids is 1.